The second-order valence-electron chi connectivity index (χ2n) is 3.79. The first-order valence-electron chi connectivity index (χ1n) is 5.38. The van der Waals surface area contributed by atoms with E-state index in [1.54, 1.807) is 7.11 Å². The van der Waals surface area contributed by atoms with Crippen LogP contribution in [0, 0.1) is 21.4 Å². The fraction of sp³-hybridized carbons (Fsp3) is 0.455. The monoisotopic (exact) mass is 250 g/mol. The highest BCUT2D eigenvalue weighted by Gasteiger charge is 2.13. The second kappa shape index (κ2) is 6.51. The third kappa shape index (κ3) is 3.68. The number of pyridine rings is 1. The molecule has 0 aliphatic heterocycles. The Morgan fingerprint density at radius 2 is 2.44 bits per heavy atom. The Morgan fingerprint density at radius 1 is 1.72 bits per heavy atom. The lowest BCUT2D eigenvalue weighted by molar-refractivity contribution is -0.385. The first-order valence-corrected chi connectivity index (χ1v) is 5.38. The zero-order valence-electron chi connectivity index (χ0n) is 10.2. The molecule has 0 saturated heterocycles. The predicted octanol–water partition coefficient (Wildman–Crippen LogP) is 1.70. The summed E-state index contributed by atoms with van der Waals surface area (Å²) in [6.07, 6.45) is 1.88. The molecule has 1 aromatic heterocycles. The zero-order chi connectivity index (χ0) is 13.5. The fourth-order valence-corrected chi connectivity index (χ4v) is 1.35. The number of nitro groups is 1. The van der Waals surface area contributed by atoms with Crippen molar-refractivity contribution >= 4 is 11.5 Å². The minimum Gasteiger partial charge on any atom is -0.385 e. The van der Waals surface area contributed by atoms with Crippen molar-refractivity contribution in [3.63, 3.8) is 0 Å². The molecule has 1 atom stereocenters. The van der Waals surface area contributed by atoms with Gasteiger partial charge in [-0.05, 0) is 13.3 Å². The van der Waals surface area contributed by atoms with Gasteiger partial charge >= 0.3 is 0 Å². The number of methoxy groups -OCH3 is 1. The van der Waals surface area contributed by atoms with Crippen molar-refractivity contribution in [2.45, 2.75) is 19.4 Å². The Bertz CT molecular complexity index is 470. The molecule has 96 valence electrons. The van der Waals surface area contributed by atoms with Gasteiger partial charge in [-0.25, -0.2) is 4.98 Å². The minimum absolute atomic E-state index is 0.0611. The Kier molecular flexibility index (Phi) is 5.02. The molecule has 0 aliphatic carbocycles. The van der Waals surface area contributed by atoms with Gasteiger partial charge in [-0.1, -0.05) is 0 Å². The van der Waals surface area contributed by atoms with Crippen LogP contribution in [0.4, 0.5) is 11.5 Å². The topological polar surface area (TPSA) is 101 Å². The van der Waals surface area contributed by atoms with E-state index in [2.05, 4.69) is 10.3 Å². The Hall–Kier alpha value is -2.20. The number of hydrogen-bond acceptors (Lipinski definition) is 6. The van der Waals surface area contributed by atoms with Crippen LogP contribution in [0.5, 0.6) is 0 Å². The number of ether oxygens (including phenoxy) is 1. The van der Waals surface area contributed by atoms with Gasteiger partial charge in [-0.2, -0.15) is 5.26 Å². The third-order valence-corrected chi connectivity index (χ3v) is 2.34. The zero-order valence-corrected chi connectivity index (χ0v) is 10.2. The molecule has 1 heterocycles. The van der Waals surface area contributed by atoms with Crippen LogP contribution in [0.1, 0.15) is 18.9 Å². The molecular weight excluding hydrogens is 236 g/mol. The summed E-state index contributed by atoms with van der Waals surface area (Å²) in [4.78, 5) is 13.9. The summed E-state index contributed by atoms with van der Waals surface area (Å²) in [5.74, 6) is 0.353. The maximum absolute atomic E-state index is 10.6. The van der Waals surface area contributed by atoms with Crippen molar-refractivity contribution in [1.29, 1.82) is 5.26 Å². The number of aromatic nitrogens is 1. The summed E-state index contributed by atoms with van der Waals surface area (Å²) in [7, 11) is 1.61. The average molecular weight is 250 g/mol. The fourth-order valence-electron chi connectivity index (χ4n) is 1.35. The van der Waals surface area contributed by atoms with Crippen molar-refractivity contribution in [2.24, 2.45) is 0 Å². The quantitative estimate of drug-likeness (QED) is 0.609. The summed E-state index contributed by atoms with van der Waals surface area (Å²) in [6, 6.07) is 3.16. The van der Waals surface area contributed by atoms with Crippen molar-refractivity contribution in [3.05, 3.63) is 27.9 Å². The van der Waals surface area contributed by atoms with Crippen LogP contribution < -0.4 is 5.32 Å². The lowest BCUT2D eigenvalue weighted by Gasteiger charge is -2.14. The minimum atomic E-state index is -0.577. The van der Waals surface area contributed by atoms with Crippen LogP contribution in [-0.4, -0.2) is 29.7 Å². The van der Waals surface area contributed by atoms with Crippen molar-refractivity contribution < 1.29 is 9.66 Å². The lowest BCUT2D eigenvalue weighted by atomic mass is 10.2. The summed E-state index contributed by atoms with van der Waals surface area (Å²) in [5, 5.41) is 22.5. The van der Waals surface area contributed by atoms with Gasteiger partial charge in [0.2, 0.25) is 0 Å². The Morgan fingerprint density at radius 3 is 3.00 bits per heavy atom. The largest absolute Gasteiger partial charge is 0.385 e. The van der Waals surface area contributed by atoms with Gasteiger partial charge in [0.1, 0.15) is 23.6 Å². The molecular formula is C11H14N4O3. The van der Waals surface area contributed by atoms with Crippen LogP contribution in [-0.2, 0) is 4.74 Å². The molecule has 1 N–H and O–H groups in total. The van der Waals surface area contributed by atoms with E-state index < -0.39 is 4.92 Å². The van der Waals surface area contributed by atoms with E-state index in [0.717, 1.165) is 12.6 Å². The van der Waals surface area contributed by atoms with Gasteiger partial charge in [0.25, 0.3) is 5.69 Å². The van der Waals surface area contributed by atoms with Crippen LogP contribution in [0.3, 0.4) is 0 Å². The van der Waals surface area contributed by atoms with Gasteiger partial charge in [-0.3, -0.25) is 10.1 Å². The number of nitriles is 1. The highest BCUT2D eigenvalue weighted by molar-refractivity contribution is 5.55. The number of nitrogens with zero attached hydrogens (tertiary/aromatic N) is 3. The van der Waals surface area contributed by atoms with Crippen molar-refractivity contribution in [1.82, 2.24) is 4.98 Å². The van der Waals surface area contributed by atoms with E-state index in [4.69, 9.17) is 10.00 Å². The maximum Gasteiger partial charge on any atom is 0.289 e. The molecule has 0 saturated carbocycles. The molecule has 0 spiro atoms. The normalized spacial score (nSPS) is 11.6. The summed E-state index contributed by atoms with van der Waals surface area (Å²) >= 11 is 0. The highest BCUT2D eigenvalue weighted by atomic mass is 16.6. The average Bonchev–Trinajstić information content (AvgIpc) is 2.36. The molecule has 0 aliphatic rings. The molecule has 0 fully saturated rings. The van der Waals surface area contributed by atoms with Gasteiger partial charge in [-0.15, -0.1) is 0 Å². The SMILES string of the molecule is COCCC(C)Nc1ncc([N+](=O)[O-])cc1C#N. The van der Waals surface area contributed by atoms with Gasteiger partial charge in [0.15, 0.2) is 0 Å². The molecule has 0 amide bonds. The molecule has 18 heavy (non-hydrogen) atoms. The predicted molar refractivity (Wildman–Crippen MR) is 65.2 cm³/mol. The standard InChI is InChI=1S/C11H14N4O3/c1-8(3-4-18-2)14-11-9(6-12)5-10(7-13-11)15(16)17/h5,7-8H,3-4H2,1-2H3,(H,13,14). The summed E-state index contributed by atoms with van der Waals surface area (Å²) < 4.78 is 4.94. The lowest BCUT2D eigenvalue weighted by Crippen LogP contribution is -2.18. The second-order valence-corrected chi connectivity index (χ2v) is 3.79. The Labute approximate surface area is 105 Å². The molecule has 1 unspecified atom stereocenters. The molecule has 0 aromatic carbocycles. The van der Waals surface area contributed by atoms with E-state index in [9.17, 15) is 10.1 Å². The van der Waals surface area contributed by atoms with Gasteiger partial charge in [0, 0.05) is 25.8 Å². The van der Waals surface area contributed by atoms with E-state index in [1.807, 2.05) is 13.0 Å². The molecule has 0 bridgehead atoms. The van der Waals surface area contributed by atoms with Crippen LogP contribution >= 0.6 is 0 Å². The number of rotatable bonds is 6. The van der Waals surface area contributed by atoms with Crippen molar-refractivity contribution in [2.75, 3.05) is 19.0 Å². The highest BCUT2D eigenvalue weighted by Crippen LogP contribution is 2.19. The van der Waals surface area contributed by atoms with Crippen LogP contribution in [0.15, 0.2) is 12.3 Å². The third-order valence-electron chi connectivity index (χ3n) is 2.34. The molecule has 1 aromatic rings. The summed E-state index contributed by atoms with van der Waals surface area (Å²) in [5.41, 5.74) is -0.0323. The first-order chi connectivity index (χ1) is 8.58. The molecule has 7 heteroatoms. The van der Waals surface area contributed by atoms with Crippen LogP contribution in [0.25, 0.3) is 0 Å². The van der Waals surface area contributed by atoms with Crippen LogP contribution in [0.2, 0.25) is 0 Å². The van der Waals surface area contributed by atoms with Crippen molar-refractivity contribution in [3.8, 4) is 6.07 Å². The molecule has 1 rings (SSSR count). The number of nitrogens with one attached hydrogen (secondary N) is 1. The van der Waals surface area contributed by atoms with E-state index >= 15 is 0 Å². The number of anilines is 1. The first kappa shape index (κ1) is 13.9. The molecule has 0 radical (unpaired) electrons. The van der Waals surface area contributed by atoms with E-state index in [-0.39, 0.29) is 17.3 Å². The smallest absolute Gasteiger partial charge is 0.289 e. The van der Waals surface area contributed by atoms with Gasteiger partial charge in [0.05, 0.1) is 4.92 Å². The maximum atomic E-state index is 10.6. The summed E-state index contributed by atoms with van der Waals surface area (Å²) in [6.45, 7) is 2.51. The number of hydrogen-bond donors (Lipinski definition) is 1. The Balaban J connectivity index is 2.83. The van der Waals surface area contributed by atoms with Gasteiger partial charge < -0.3 is 10.1 Å². The van der Waals surface area contributed by atoms with E-state index in [1.165, 1.54) is 6.07 Å². The molecule has 7 nitrogen and oxygen atoms in total. The van der Waals surface area contributed by atoms with E-state index in [0.29, 0.717) is 12.4 Å².